The van der Waals surface area contributed by atoms with Crippen molar-refractivity contribution in [3.05, 3.63) is 60.2 Å². The third kappa shape index (κ3) is 6.51. The Morgan fingerprint density at radius 3 is 2.09 bits per heavy atom. The molecule has 7 nitrogen and oxygen atoms in total. The van der Waals surface area contributed by atoms with Gasteiger partial charge in [-0.05, 0) is 63.3 Å². The zero-order valence-corrected chi connectivity index (χ0v) is 21.5. The normalized spacial score (nSPS) is 18.2. The van der Waals surface area contributed by atoms with Crippen molar-refractivity contribution >= 4 is 18.9 Å². The molecule has 8 heteroatoms. The fraction of sp³-hybridized carbons (Fsp3) is 0.481. The van der Waals surface area contributed by atoms with Gasteiger partial charge in [0.1, 0.15) is 6.04 Å². The molecule has 2 amide bonds. The molecule has 0 saturated carbocycles. The van der Waals surface area contributed by atoms with Crippen molar-refractivity contribution in [1.29, 1.82) is 0 Å². The number of benzene rings is 2. The standard InChI is InChI=1S/C27H37BN2O5/c1-18(2)15-23(28-34-26(3,4)27(5,6)35-28)30-25(33)22(17-31)29-24(32)21-14-10-13-20(16-21)19-11-8-7-9-12-19/h7-14,16,18,22-23,31H,15,17H2,1-6H3,(H,29,32)(H,30,33)/t22-,23-/m0/s1. The first-order chi connectivity index (χ1) is 16.4. The van der Waals surface area contributed by atoms with Gasteiger partial charge in [-0.3, -0.25) is 9.59 Å². The maximum Gasteiger partial charge on any atom is 0.481 e. The second-order valence-electron chi connectivity index (χ2n) is 10.5. The lowest BCUT2D eigenvalue weighted by Crippen LogP contribution is -2.56. The highest BCUT2D eigenvalue weighted by Crippen LogP contribution is 2.38. The zero-order valence-electron chi connectivity index (χ0n) is 21.5. The number of hydrogen-bond acceptors (Lipinski definition) is 5. The maximum atomic E-state index is 13.1. The Hall–Kier alpha value is -2.68. The zero-order chi connectivity index (χ0) is 25.8. The molecule has 2 atom stereocenters. The fourth-order valence-electron chi connectivity index (χ4n) is 3.99. The number of rotatable bonds is 9. The molecule has 3 N–H and O–H groups in total. The molecule has 1 fully saturated rings. The van der Waals surface area contributed by atoms with Crippen LogP contribution in [0.15, 0.2) is 54.6 Å². The molecule has 35 heavy (non-hydrogen) atoms. The predicted molar refractivity (Wildman–Crippen MR) is 138 cm³/mol. The van der Waals surface area contributed by atoms with E-state index in [4.69, 9.17) is 9.31 Å². The van der Waals surface area contributed by atoms with Crippen LogP contribution < -0.4 is 10.6 Å². The number of nitrogens with one attached hydrogen (secondary N) is 2. The molecule has 0 unspecified atom stereocenters. The summed E-state index contributed by atoms with van der Waals surface area (Å²) in [6, 6.07) is 15.8. The molecule has 2 aromatic rings. The summed E-state index contributed by atoms with van der Waals surface area (Å²) >= 11 is 0. The minimum atomic E-state index is -1.11. The van der Waals surface area contributed by atoms with E-state index in [1.54, 1.807) is 18.2 Å². The lowest BCUT2D eigenvalue weighted by Gasteiger charge is -2.32. The summed E-state index contributed by atoms with van der Waals surface area (Å²) in [5, 5.41) is 15.5. The molecule has 2 aromatic carbocycles. The van der Waals surface area contributed by atoms with Crippen LogP contribution in [0.3, 0.4) is 0 Å². The van der Waals surface area contributed by atoms with Crippen molar-refractivity contribution in [3.8, 4) is 11.1 Å². The van der Waals surface area contributed by atoms with Gasteiger partial charge < -0.3 is 25.0 Å². The van der Waals surface area contributed by atoms with E-state index < -0.39 is 48.7 Å². The Labute approximate surface area is 208 Å². The average molecular weight is 480 g/mol. The SMILES string of the molecule is CC(C)C[C@H](NC(=O)[C@H](CO)NC(=O)c1cccc(-c2ccccc2)c1)B1OC(C)(C)C(C)(C)O1. The molecule has 1 aliphatic rings. The second kappa shape index (κ2) is 10.9. The summed E-state index contributed by atoms with van der Waals surface area (Å²) in [7, 11) is -0.635. The first-order valence-corrected chi connectivity index (χ1v) is 12.2. The quantitative estimate of drug-likeness (QED) is 0.477. The van der Waals surface area contributed by atoms with Crippen molar-refractivity contribution in [1.82, 2.24) is 10.6 Å². The van der Waals surface area contributed by atoms with Crippen LogP contribution in [-0.2, 0) is 14.1 Å². The Balaban J connectivity index is 1.71. The van der Waals surface area contributed by atoms with Gasteiger partial charge in [0.05, 0.1) is 23.8 Å². The van der Waals surface area contributed by atoms with Gasteiger partial charge in [0.25, 0.3) is 5.91 Å². The molecule has 3 rings (SSSR count). The Bertz CT molecular complexity index is 1010. The van der Waals surface area contributed by atoms with E-state index >= 15 is 0 Å². The Kier molecular flexibility index (Phi) is 8.41. The van der Waals surface area contributed by atoms with E-state index in [1.807, 2.05) is 64.1 Å². The van der Waals surface area contributed by atoms with Gasteiger partial charge in [-0.2, -0.15) is 0 Å². The summed E-state index contributed by atoms with van der Waals surface area (Å²) in [6.45, 7) is 11.4. The van der Waals surface area contributed by atoms with Crippen molar-refractivity contribution in [3.63, 3.8) is 0 Å². The molecule has 0 spiro atoms. The molecule has 1 aliphatic heterocycles. The molecule has 0 aliphatic carbocycles. The molecular weight excluding hydrogens is 443 g/mol. The van der Waals surface area contributed by atoms with Gasteiger partial charge in [-0.25, -0.2) is 0 Å². The van der Waals surface area contributed by atoms with Gasteiger partial charge >= 0.3 is 7.12 Å². The number of hydrogen-bond donors (Lipinski definition) is 3. The van der Waals surface area contributed by atoms with E-state index in [1.165, 1.54) is 0 Å². The first kappa shape index (κ1) is 26.9. The molecule has 0 bridgehead atoms. The largest absolute Gasteiger partial charge is 0.481 e. The molecule has 1 heterocycles. The molecule has 0 radical (unpaired) electrons. The van der Waals surface area contributed by atoms with Gasteiger partial charge in [0, 0.05) is 5.56 Å². The highest BCUT2D eigenvalue weighted by Gasteiger charge is 2.54. The average Bonchev–Trinajstić information content (AvgIpc) is 3.03. The number of aliphatic hydroxyl groups excluding tert-OH is 1. The highest BCUT2D eigenvalue weighted by atomic mass is 16.7. The van der Waals surface area contributed by atoms with Crippen LogP contribution in [0.1, 0.15) is 58.3 Å². The van der Waals surface area contributed by atoms with Gasteiger partial charge in [-0.1, -0.05) is 56.3 Å². The topological polar surface area (TPSA) is 96.9 Å². The van der Waals surface area contributed by atoms with E-state index in [2.05, 4.69) is 24.5 Å². The summed E-state index contributed by atoms with van der Waals surface area (Å²) in [5.74, 6) is -1.09. The van der Waals surface area contributed by atoms with Gasteiger partial charge in [0.15, 0.2) is 0 Å². The van der Waals surface area contributed by atoms with Crippen LogP contribution in [0.4, 0.5) is 0 Å². The first-order valence-electron chi connectivity index (χ1n) is 12.2. The highest BCUT2D eigenvalue weighted by molar-refractivity contribution is 6.48. The van der Waals surface area contributed by atoms with Crippen molar-refractivity contribution in [2.24, 2.45) is 5.92 Å². The smallest absolute Gasteiger partial charge is 0.402 e. The molecular formula is C27H37BN2O5. The minimum Gasteiger partial charge on any atom is -0.402 e. The minimum absolute atomic E-state index is 0.266. The summed E-state index contributed by atoms with van der Waals surface area (Å²) in [6.07, 6.45) is 0.619. The fourth-order valence-corrected chi connectivity index (χ4v) is 3.99. The van der Waals surface area contributed by atoms with E-state index in [0.29, 0.717) is 12.0 Å². The van der Waals surface area contributed by atoms with E-state index in [-0.39, 0.29) is 5.92 Å². The second-order valence-corrected chi connectivity index (χ2v) is 10.5. The number of aliphatic hydroxyl groups is 1. The molecule has 1 saturated heterocycles. The predicted octanol–water partition coefficient (Wildman–Crippen LogP) is 3.61. The lowest BCUT2D eigenvalue weighted by molar-refractivity contribution is -0.124. The van der Waals surface area contributed by atoms with Crippen LogP contribution in [0.5, 0.6) is 0 Å². The summed E-state index contributed by atoms with van der Waals surface area (Å²) in [4.78, 5) is 26.0. The summed E-state index contributed by atoms with van der Waals surface area (Å²) < 4.78 is 12.3. The van der Waals surface area contributed by atoms with Crippen LogP contribution >= 0.6 is 0 Å². The lowest BCUT2D eigenvalue weighted by atomic mass is 9.74. The van der Waals surface area contributed by atoms with Crippen LogP contribution in [0, 0.1) is 5.92 Å². The monoisotopic (exact) mass is 480 g/mol. The molecule has 0 aromatic heterocycles. The Morgan fingerprint density at radius 2 is 1.51 bits per heavy atom. The van der Waals surface area contributed by atoms with Crippen LogP contribution in [-0.4, -0.2) is 53.8 Å². The van der Waals surface area contributed by atoms with Crippen LogP contribution in [0.2, 0.25) is 0 Å². The van der Waals surface area contributed by atoms with Crippen molar-refractivity contribution < 1.29 is 24.0 Å². The maximum absolute atomic E-state index is 13.1. The van der Waals surface area contributed by atoms with Crippen LogP contribution in [0.25, 0.3) is 11.1 Å². The molecule has 188 valence electrons. The van der Waals surface area contributed by atoms with E-state index in [9.17, 15) is 14.7 Å². The summed E-state index contributed by atoms with van der Waals surface area (Å²) in [5.41, 5.74) is 1.21. The third-order valence-electron chi connectivity index (χ3n) is 6.69. The van der Waals surface area contributed by atoms with Crippen molar-refractivity contribution in [2.45, 2.75) is 71.1 Å². The van der Waals surface area contributed by atoms with Gasteiger partial charge in [0.2, 0.25) is 5.91 Å². The van der Waals surface area contributed by atoms with Crippen molar-refractivity contribution in [2.75, 3.05) is 6.61 Å². The Morgan fingerprint density at radius 1 is 0.914 bits per heavy atom. The van der Waals surface area contributed by atoms with E-state index in [0.717, 1.165) is 11.1 Å². The van der Waals surface area contributed by atoms with Gasteiger partial charge in [-0.15, -0.1) is 0 Å². The third-order valence-corrected chi connectivity index (χ3v) is 6.69. The number of carbonyl (C=O) groups excluding carboxylic acids is 2. The number of amides is 2. The number of carbonyl (C=O) groups is 2.